The molecule has 116 valence electrons. The van der Waals surface area contributed by atoms with Gasteiger partial charge in [0.1, 0.15) is 0 Å². The summed E-state index contributed by atoms with van der Waals surface area (Å²) in [7, 11) is 0. The minimum Gasteiger partial charge on any atom is -0.380 e. The molecule has 2 aliphatic heterocycles. The van der Waals surface area contributed by atoms with Gasteiger partial charge in [-0.05, 0) is 25.8 Å². The third-order valence-electron chi connectivity index (χ3n) is 5.45. The number of nitrogens with one attached hydrogen (secondary N) is 1. The van der Waals surface area contributed by atoms with Crippen LogP contribution in [-0.2, 0) is 4.74 Å². The zero-order valence-corrected chi connectivity index (χ0v) is 13.0. The first-order valence-corrected chi connectivity index (χ1v) is 8.67. The highest BCUT2D eigenvalue weighted by Gasteiger charge is 2.33. The lowest BCUT2D eigenvalue weighted by molar-refractivity contribution is -0.0244. The summed E-state index contributed by atoms with van der Waals surface area (Å²) >= 11 is 0. The summed E-state index contributed by atoms with van der Waals surface area (Å²) in [6.07, 6.45) is 6.94. The lowest BCUT2D eigenvalue weighted by atomic mass is 10.0. The van der Waals surface area contributed by atoms with Crippen LogP contribution in [-0.4, -0.2) is 73.9 Å². The molecule has 1 saturated carbocycles. The molecule has 0 aromatic rings. The molecule has 4 heteroatoms. The summed E-state index contributed by atoms with van der Waals surface area (Å²) in [6.45, 7) is 10.1. The van der Waals surface area contributed by atoms with Crippen LogP contribution >= 0.6 is 0 Å². The molecule has 20 heavy (non-hydrogen) atoms. The molecule has 1 N–H and O–H groups in total. The Morgan fingerprint density at radius 1 is 1.00 bits per heavy atom. The monoisotopic (exact) mass is 281 g/mol. The standard InChI is InChI=1S/C16H31N3O/c1-2-17-15-7-12-20-13-16(15)19-10-8-18(9-11-19)14-5-3-4-6-14/h14-17H,2-13H2,1H3. The predicted octanol–water partition coefficient (Wildman–Crippen LogP) is 1.31. The van der Waals surface area contributed by atoms with Crippen molar-refractivity contribution in [2.45, 2.75) is 57.2 Å². The van der Waals surface area contributed by atoms with Gasteiger partial charge in [-0.25, -0.2) is 0 Å². The van der Waals surface area contributed by atoms with Crippen LogP contribution in [0.4, 0.5) is 0 Å². The molecule has 3 aliphatic rings. The largest absolute Gasteiger partial charge is 0.380 e. The molecule has 2 saturated heterocycles. The van der Waals surface area contributed by atoms with Crippen LogP contribution < -0.4 is 5.32 Å². The average molecular weight is 281 g/mol. The number of hydrogen-bond acceptors (Lipinski definition) is 4. The summed E-state index contributed by atoms with van der Waals surface area (Å²) < 4.78 is 5.74. The van der Waals surface area contributed by atoms with Crippen molar-refractivity contribution in [3.63, 3.8) is 0 Å². The number of piperazine rings is 1. The molecule has 3 rings (SSSR count). The maximum absolute atomic E-state index is 5.74. The minimum absolute atomic E-state index is 0.592. The van der Waals surface area contributed by atoms with Crippen molar-refractivity contribution in [2.24, 2.45) is 0 Å². The summed E-state index contributed by atoms with van der Waals surface area (Å²) in [6, 6.07) is 2.12. The van der Waals surface area contributed by atoms with Gasteiger partial charge < -0.3 is 10.1 Å². The van der Waals surface area contributed by atoms with E-state index in [1.807, 2.05) is 0 Å². The number of nitrogens with zero attached hydrogens (tertiary/aromatic N) is 2. The Balaban J connectivity index is 1.50. The first-order valence-electron chi connectivity index (χ1n) is 8.67. The molecule has 0 spiro atoms. The Morgan fingerprint density at radius 2 is 1.70 bits per heavy atom. The fourth-order valence-corrected chi connectivity index (χ4v) is 4.29. The van der Waals surface area contributed by atoms with Crippen molar-refractivity contribution in [3.05, 3.63) is 0 Å². The normalized spacial score (nSPS) is 34.6. The van der Waals surface area contributed by atoms with Crippen LogP contribution in [0.15, 0.2) is 0 Å². The van der Waals surface area contributed by atoms with Crippen molar-refractivity contribution in [3.8, 4) is 0 Å². The van der Waals surface area contributed by atoms with E-state index >= 15 is 0 Å². The van der Waals surface area contributed by atoms with E-state index < -0.39 is 0 Å². The van der Waals surface area contributed by atoms with Crippen LogP contribution in [0, 0.1) is 0 Å². The van der Waals surface area contributed by atoms with Gasteiger partial charge in [0.15, 0.2) is 0 Å². The van der Waals surface area contributed by atoms with Crippen LogP contribution in [0.1, 0.15) is 39.0 Å². The number of rotatable bonds is 4. The second-order valence-electron chi connectivity index (χ2n) is 6.61. The van der Waals surface area contributed by atoms with E-state index in [0.29, 0.717) is 12.1 Å². The SMILES string of the molecule is CCNC1CCOCC1N1CCN(C2CCCC2)CC1. The van der Waals surface area contributed by atoms with Gasteiger partial charge in [-0.1, -0.05) is 19.8 Å². The highest BCUT2D eigenvalue weighted by atomic mass is 16.5. The highest BCUT2D eigenvalue weighted by Crippen LogP contribution is 2.25. The molecule has 1 aliphatic carbocycles. The second kappa shape index (κ2) is 7.21. The summed E-state index contributed by atoms with van der Waals surface area (Å²) in [5.41, 5.74) is 0. The molecule has 0 bridgehead atoms. The van der Waals surface area contributed by atoms with Crippen LogP contribution in [0.3, 0.4) is 0 Å². The second-order valence-corrected chi connectivity index (χ2v) is 6.61. The van der Waals surface area contributed by atoms with E-state index in [9.17, 15) is 0 Å². The number of likely N-dealkylation sites (N-methyl/N-ethyl adjacent to an activating group) is 1. The van der Waals surface area contributed by atoms with E-state index in [-0.39, 0.29) is 0 Å². The van der Waals surface area contributed by atoms with Gasteiger partial charge >= 0.3 is 0 Å². The van der Waals surface area contributed by atoms with Crippen molar-refractivity contribution < 1.29 is 4.74 Å². The lowest BCUT2D eigenvalue weighted by Crippen LogP contribution is -2.60. The maximum Gasteiger partial charge on any atom is 0.0637 e. The van der Waals surface area contributed by atoms with E-state index in [1.54, 1.807) is 0 Å². The third-order valence-corrected chi connectivity index (χ3v) is 5.45. The van der Waals surface area contributed by atoms with Crippen LogP contribution in [0.2, 0.25) is 0 Å². The molecule has 4 nitrogen and oxygen atoms in total. The van der Waals surface area contributed by atoms with Gasteiger partial charge in [0, 0.05) is 50.9 Å². The Bertz CT molecular complexity index is 283. The fourth-order valence-electron chi connectivity index (χ4n) is 4.29. The molecule has 2 unspecified atom stereocenters. The smallest absolute Gasteiger partial charge is 0.0637 e. The predicted molar refractivity (Wildman–Crippen MR) is 82.1 cm³/mol. The maximum atomic E-state index is 5.74. The molecular formula is C16H31N3O. The Kier molecular flexibility index (Phi) is 5.32. The quantitative estimate of drug-likeness (QED) is 0.841. The fraction of sp³-hybridized carbons (Fsp3) is 1.00. The minimum atomic E-state index is 0.592. The molecule has 2 heterocycles. The molecular weight excluding hydrogens is 250 g/mol. The number of hydrogen-bond donors (Lipinski definition) is 1. The van der Waals surface area contributed by atoms with E-state index in [4.69, 9.17) is 4.74 Å². The van der Waals surface area contributed by atoms with Gasteiger partial charge in [0.05, 0.1) is 6.61 Å². The first-order chi connectivity index (χ1) is 9.88. The molecule has 3 fully saturated rings. The van der Waals surface area contributed by atoms with Crippen LogP contribution in [0.25, 0.3) is 0 Å². The Hall–Kier alpha value is -0.160. The van der Waals surface area contributed by atoms with Gasteiger partial charge in [-0.15, -0.1) is 0 Å². The van der Waals surface area contributed by atoms with Gasteiger partial charge in [-0.3, -0.25) is 9.80 Å². The van der Waals surface area contributed by atoms with Crippen molar-refractivity contribution in [2.75, 3.05) is 45.9 Å². The zero-order valence-electron chi connectivity index (χ0n) is 13.0. The molecule has 0 radical (unpaired) electrons. The molecule has 2 atom stereocenters. The van der Waals surface area contributed by atoms with Gasteiger partial charge in [0.2, 0.25) is 0 Å². The Labute approximate surface area is 123 Å². The number of ether oxygens (including phenoxy) is 1. The summed E-state index contributed by atoms with van der Waals surface area (Å²) in [5, 5.41) is 3.66. The van der Waals surface area contributed by atoms with Gasteiger partial charge in [-0.2, -0.15) is 0 Å². The van der Waals surface area contributed by atoms with E-state index in [1.165, 1.54) is 58.3 Å². The Morgan fingerprint density at radius 3 is 2.40 bits per heavy atom. The summed E-state index contributed by atoms with van der Waals surface area (Å²) in [5.74, 6) is 0. The van der Waals surface area contributed by atoms with Crippen molar-refractivity contribution in [1.29, 1.82) is 0 Å². The third kappa shape index (κ3) is 3.35. The van der Waals surface area contributed by atoms with Crippen LogP contribution in [0.5, 0.6) is 0 Å². The molecule has 0 aromatic heterocycles. The average Bonchev–Trinajstić information content (AvgIpc) is 3.03. The van der Waals surface area contributed by atoms with E-state index in [2.05, 4.69) is 22.0 Å². The van der Waals surface area contributed by atoms with E-state index in [0.717, 1.165) is 25.8 Å². The zero-order chi connectivity index (χ0) is 13.8. The lowest BCUT2D eigenvalue weighted by Gasteiger charge is -2.45. The summed E-state index contributed by atoms with van der Waals surface area (Å²) in [4.78, 5) is 5.42. The topological polar surface area (TPSA) is 27.7 Å². The van der Waals surface area contributed by atoms with Crippen molar-refractivity contribution >= 4 is 0 Å². The highest BCUT2D eigenvalue weighted by molar-refractivity contribution is 4.91. The first kappa shape index (κ1) is 14.8. The van der Waals surface area contributed by atoms with Gasteiger partial charge in [0.25, 0.3) is 0 Å². The van der Waals surface area contributed by atoms with Crippen molar-refractivity contribution in [1.82, 2.24) is 15.1 Å². The molecule has 0 aromatic carbocycles. The molecule has 0 amide bonds.